The molecule has 1 aromatic rings. The van der Waals surface area contributed by atoms with Crippen molar-refractivity contribution in [2.24, 2.45) is 35.3 Å². The minimum Gasteiger partial charge on any atom is -0.379 e. The van der Waals surface area contributed by atoms with Gasteiger partial charge in [0, 0.05) is 52.9 Å². The summed E-state index contributed by atoms with van der Waals surface area (Å²) in [6.07, 6.45) is 3.44. The van der Waals surface area contributed by atoms with Crippen molar-refractivity contribution in [3.8, 4) is 0 Å². The van der Waals surface area contributed by atoms with Crippen molar-refractivity contribution >= 4 is 69.2 Å². The number of nitrogens with one attached hydrogen (secondary N) is 6. The van der Waals surface area contributed by atoms with Crippen LogP contribution in [-0.4, -0.2) is 230 Å². The van der Waals surface area contributed by atoms with Crippen LogP contribution in [0, 0.1) is 29.6 Å². The highest BCUT2D eigenvalue weighted by Gasteiger charge is 2.48. The quantitative estimate of drug-likeness (QED) is 0.0362. The van der Waals surface area contributed by atoms with Crippen LogP contribution in [0.25, 0.3) is 0 Å². The molecule has 2 heterocycles. The predicted molar refractivity (Wildman–Crippen MR) is 344 cm³/mol. The topological polar surface area (TPSA) is 362 Å². The van der Waals surface area contributed by atoms with E-state index in [-0.39, 0.29) is 131 Å². The number of ether oxygens (including phenoxy) is 5. The lowest BCUT2D eigenvalue weighted by Crippen LogP contribution is -2.59. The van der Waals surface area contributed by atoms with Crippen molar-refractivity contribution in [1.82, 2.24) is 50.9 Å². The molecule has 1 unspecified atom stereocenters. The average molecular weight is 1330 g/mol. The Balaban J connectivity index is 1.36. The lowest BCUT2D eigenvalue weighted by atomic mass is 9.89. The van der Waals surface area contributed by atoms with Crippen LogP contribution in [0.5, 0.6) is 0 Å². The number of sulfonamides is 1. The van der Waals surface area contributed by atoms with Gasteiger partial charge >= 0.3 is 6.03 Å². The summed E-state index contributed by atoms with van der Waals surface area (Å²) in [6, 6.07) is 0.231. The first-order chi connectivity index (χ1) is 43.9. The molecule has 0 spiro atoms. The molecule has 0 aromatic heterocycles. The number of carbonyl (C=O) groups excluding carboxylic acids is 10. The zero-order valence-corrected chi connectivity index (χ0v) is 57.7. The molecule has 0 bridgehead atoms. The van der Waals surface area contributed by atoms with Crippen LogP contribution in [0.3, 0.4) is 0 Å². The van der Waals surface area contributed by atoms with Crippen molar-refractivity contribution in [3.63, 3.8) is 0 Å². The fraction of sp³-hybridized carbons (Fsp3) is 0.719. The van der Waals surface area contributed by atoms with Gasteiger partial charge in [0.2, 0.25) is 41.4 Å². The second-order valence-electron chi connectivity index (χ2n) is 25.6. The minimum atomic E-state index is -4.48. The number of primary amides is 1. The molecule has 29 heteroatoms. The number of rotatable bonds is 42. The number of nitrogens with two attached hydrogens (primary N) is 1. The second kappa shape index (κ2) is 37.5. The van der Waals surface area contributed by atoms with Crippen molar-refractivity contribution in [3.05, 3.63) is 42.0 Å². The van der Waals surface area contributed by atoms with E-state index in [0.717, 1.165) is 4.90 Å². The summed E-state index contributed by atoms with van der Waals surface area (Å²) >= 11 is 0. The smallest absolute Gasteiger partial charge is 0.312 e. The maximum atomic E-state index is 14.5. The average Bonchev–Trinajstić information content (AvgIpc) is 1.63. The summed E-state index contributed by atoms with van der Waals surface area (Å²) in [5.41, 5.74) is 4.89. The van der Waals surface area contributed by atoms with Crippen LogP contribution in [0.15, 0.2) is 41.3 Å². The Labute approximate surface area is 549 Å². The van der Waals surface area contributed by atoms with Gasteiger partial charge in [-0.05, 0) is 94.0 Å². The standard InChI is InChI=1S/C64H105N11O17S/c1-15-42(8)56(73(12)62(84)54(40(4)5)69-61(83)55(41(6)7)72(10)11)48(88-13)38-52(79)74-30-17-19-47(74)57(89-14)43(9)58(80)71-93(86,87)45-22-20-44(21-23-45)64(27-28-64)70-59(81)46(18-16-29-66-63(65)85)67-60(82)53(39(2)3)68-49(76)26-32-90-34-36-92-37-35-91-33-31-75-50(77)24-25-51(75)78/h20-25,39-43,46-48,53-57H,15-19,26-38H2,1-14H3,(H,67,82)(H,68,76)(H,69,83)(H,70,81)(H,71,80)(H3,65,66,85)/t42-,43+,46-,47-,48+,53-,54-,55-,56?,57+/m0/s1. The monoisotopic (exact) mass is 1330 g/mol. The number of nitrogens with zero attached hydrogens (tertiary/aromatic N) is 4. The Kier molecular flexibility index (Phi) is 31.7. The molecule has 8 N–H and O–H groups in total. The third-order valence-corrected chi connectivity index (χ3v) is 18.8. The van der Waals surface area contributed by atoms with Gasteiger partial charge in [0.25, 0.3) is 21.8 Å². The van der Waals surface area contributed by atoms with E-state index in [9.17, 15) is 56.4 Å². The molecule has 2 fully saturated rings. The molecule has 1 aliphatic carbocycles. The molecule has 1 saturated heterocycles. The van der Waals surface area contributed by atoms with E-state index in [1.165, 1.54) is 57.6 Å². The summed E-state index contributed by atoms with van der Waals surface area (Å²) in [5, 5.41) is 14.0. The van der Waals surface area contributed by atoms with E-state index in [0.29, 0.717) is 44.2 Å². The molecular weight excluding hydrogens is 1230 g/mol. The number of urea groups is 1. The summed E-state index contributed by atoms with van der Waals surface area (Å²) in [6.45, 7) is 18.2. The minimum absolute atomic E-state index is 0.0195. The van der Waals surface area contributed by atoms with E-state index < -0.39 is 106 Å². The first-order valence-electron chi connectivity index (χ1n) is 32.3. The van der Waals surface area contributed by atoms with Gasteiger partial charge in [-0.1, -0.05) is 80.9 Å². The van der Waals surface area contributed by atoms with Gasteiger partial charge in [-0.15, -0.1) is 0 Å². The molecule has 4 rings (SSSR count). The highest BCUT2D eigenvalue weighted by Crippen LogP contribution is 2.46. The Morgan fingerprint density at radius 3 is 1.85 bits per heavy atom. The number of imide groups is 1. The summed E-state index contributed by atoms with van der Waals surface area (Å²) in [7, 11) is 3.71. The van der Waals surface area contributed by atoms with Crippen LogP contribution >= 0.6 is 0 Å². The van der Waals surface area contributed by atoms with E-state index >= 15 is 0 Å². The van der Waals surface area contributed by atoms with Gasteiger partial charge in [-0.2, -0.15) is 0 Å². The Morgan fingerprint density at radius 1 is 0.731 bits per heavy atom. The molecule has 10 atom stereocenters. The van der Waals surface area contributed by atoms with Crippen molar-refractivity contribution in [2.45, 2.75) is 179 Å². The molecule has 28 nitrogen and oxygen atoms in total. The van der Waals surface area contributed by atoms with Gasteiger partial charge < -0.3 is 65.8 Å². The Morgan fingerprint density at radius 2 is 1.32 bits per heavy atom. The largest absolute Gasteiger partial charge is 0.379 e. The van der Waals surface area contributed by atoms with Gasteiger partial charge in [-0.3, -0.25) is 53.0 Å². The molecule has 2 aliphatic heterocycles. The van der Waals surface area contributed by atoms with Crippen molar-refractivity contribution in [1.29, 1.82) is 0 Å². The van der Waals surface area contributed by atoms with Gasteiger partial charge in [0.05, 0.1) is 99.3 Å². The zero-order chi connectivity index (χ0) is 69.5. The fourth-order valence-corrected chi connectivity index (χ4v) is 13.0. The molecule has 1 aromatic carbocycles. The summed E-state index contributed by atoms with van der Waals surface area (Å²) in [5.74, 6) is -6.07. The number of hydrogen-bond acceptors (Lipinski definition) is 18. The predicted octanol–water partition coefficient (Wildman–Crippen LogP) is 1.68. The van der Waals surface area contributed by atoms with Crippen LogP contribution in [0.2, 0.25) is 0 Å². The number of benzene rings is 1. The molecule has 93 heavy (non-hydrogen) atoms. The lowest BCUT2D eigenvalue weighted by molar-refractivity contribution is -0.148. The first-order valence-corrected chi connectivity index (χ1v) is 33.8. The SMILES string of the molecule is CC[C@H](C)C([C@@H](CC(=O)N1CCC[C@H]1[C@H](OC)[C@@H](C)C(=O)NS(=O)(=O)c1ccc(C2(NC(=O)[C@H](CCCNC(N)=O)NC(=O)[C@@H](NC(=O)CCOCCOCCOCCN3C(=O)C=CC3=O)C(C)C)CC2)cc1)OC)N(C)C(=O)[C@@H](NC(=O)[C@H](C(C)C)N(C)C)C(C)C. The van der Waals surface area contributed by atoms with Gasteiger partial charge in [-0.25, -0.2) is 17.9 Å². The van der Waals surface area contributed by atoms with Crippen molar-refractivity contribution in [2.75, 3.05) is 94.6 Å². The summed E-state index contributed by atoms with van der Waals surface area (Å²) in [4.78, 5) is 138. The van der Waals surface area contributed by atoms with Crippen LogP contribution in [0.1, 0.15) is 126 Å². The summed E-state index contributed by atoms with van der Waals surface area (Å²) < 4.78 is 58.4. The Bertz CT molecular complexity index is 2810. The molecule has 524 valence electrons. The van der Waals surface area contributed by atoms with E-state index in [4.69, 9.17) is 29.4 Å². The molecule has 11 amide bonds. The van der Waals surface area contributed by atoms with Gasteiger partial charge in [0.1, 0.15) is 18.1 Å². The molecule has 3 aliphatic rings. The van der Waals surface area contributed by atoms with Crippen LogP contribution in [-0.2, 0) is 82.4 Å². The zero-order valence-electron chi connectivity index (χ0n) is 56.9. The number of likely N-dealkylation sites (N-methyl/N-ethyl adjacent to an activating group) is 2. The third kappa shape index (κ3) is 23.1. The molecule has 0 radical (unpaired) electrons. The lowest BCUT2D eigenvalue weighted by Gasteiger charge is -2.41. The molecular formula is C64H105N11O17S. The van der Waals surface area contributed by atoms with Crippen molar-refractivity contribution < 1.29 is 80.0 Å². The maximum Gasteiger partial charge on any atom is 0.312 e. The number of hydrogen-bond donors (Lipinski definition) is 7. The highest BCUT2D eigenvalue weighted by atomic mass is 32.2. The van der Waals surface area contributed by atoms with E-state index in [1.807, 2.05) is 60.5 Å². The second-order valence-corrected chi connectivity index (χ2v) is 27.3. The third-order valence-electron chi connectivity index (χ3n) is 17.5. The van der Waals surface area contributed by atoms with E-state index in [1.54, 1.807) is 30.7 Å². The maximum absolute atomic E-state index is 14.5. The number of likely N-dealkylation sites (tertiary alicyclic amines) is 1. The molecule has 1 saturated carbocycles. The number of amides is 11. The van der Waals surface area contributed by atoms with E-state index in [2.05, 4.69) is 31.3 Å². The number of carbonyl (C=O) groups is 10. The van der Waals surface area contributed by atoms with Crippen LogP contribution < -0.4 is 37.0 Å². The van der Waals surface area contributed by atoms with Gasteiger partial charge in [0.15, 0.2) is 0 Å². The fourth-order valence-electron chi connectivity index (χ4n) is 11.9. The normalized spacial score (nSPS) is 18.3. The Hall–Kier alpha value is -6.63. The first kappa shape index (κ1) is 78.8. The van der Waals surface area contributed by atoms with Crippen LogP contribution in [0.4, 0.5) is 4.79 Å². The highest BCUT2D eigenvalue weighted by molar-refractivity contribution is 7.90. The number of methoxy groups -OCH3 is 2.